The summed E-state index contributed by atoms with van der Waals surface area (Å²) in [7, 11) is 0. The number of carbonyl (C=O) groups is 2. The lowest BCUT2D eigenvalue weighted by molar-refractivity contribution is -0.146. The van der Waals surface area contributed by atoms with Gasteiger partial charge < -0.3 is 15.3 Å². The Bertz CT molecular complexity index is 776. The number of para-hydroxylation sites is 1. The third kappa shape index (κ3) is 3.82. The smallest absolute Gasteiger partial charge is 0.321 e. The predicted molar refractivity (Wildman–Crippen MR) is 96.6 cm³/mol. The summed E-state index contributed by atoms with van der Waals surface area (Å²) < 4.78 is 0. The molecule has 0 spiro atoms. The van der Waals surface area contributed by atoms with E-state index in [-0.39, 0.29) is 12.6 Å². The van der Waals surface area contributed by atoms with Gasteiger partial charge in [-0.2, -0.15) is 0 Å². The van der Waals surface area contributed by atoms with Crippen LogP contribution in [0.2, 0.25) is 0 Å². The number of anilines is 1. The van der Waals surface area contributed by atoms with Gasteiger partial charge in [-0.15, -0.1) is 0 Å². The first-order valence-electron chi connectivity index (χ1n) is 8.39. The molecule has 1 aliphatic heterocycles. The van der Waals surface area contributed by atoms with Crippen LogP contribution in [0, 0.1) is 5.41 Å². The molecule has 0 radical (unpaired) electrons. The Morgan fingerprint density at radius 3 is 2.48 bits per heavy atom. The van der Waals surface area contributed by atoms with Crippen LogP contribution < -0.4 is 5.32 Å². The minimum absolute atomic E-state index is 0.231. The maximum atomic E-state index is 12.6. The zero-order valence-electron chi connectivity index (χ0n) is 14.2. The molecule has 25 heavy (non-hydrogen) atoms. The molecular formula is C20H22N2O3. The van der Waals surface area contributed by atoms with E-state index in [2.05, 4.69) is 17.4 Å². The van der Waals surface area contributed by atoms with E-state index in [9.17, 15) is 14.7 Å². The third-order valence-electron chi connectivity index (χ3n) is 4.77. The monoisotopic (exact) mass is 338 g/mol. The van der Waals surface area contributed by atoms with Gasteiger partial charge in [0, 0.05) is 18.8 Å². The standard InChI is InChI=1S/C20H22N2O3/c1-20(18(23)24)11-12-22(14-20)19(25)21-17-10-6-5-9-16(17)13-15-7-3-2-4-8-15/h2-10H,11-14H2,1H3,(H,21,25)(H,23,24). The highest BCUT2D eigenvalue weighted by molar-refractivity contribution is 5.91. The van der Waals surface area contributed by atoms with E-state index in [1.807, 2.05) is 42.5 Å². The van der Waals surface area contributed by atoms with Gasteiger partial charge in [0.05, 0.1) is 5.41 Å². The van der Waals surface area contributed by atoms with Crippen molar-refractivity contribution in [3.63, 3.8) is 0 Å². The predicted octanol–water partition coefficient (Wildman–Crippen LogP) is 3.61. The quantitative estimate of drug-likeness (QED) is 0.895. The second-order valence-corrected chi connectivity index (χ2v) is 6.79. The number of carbonyl (C=O) groups excluding carboxylic acids is 1. The summed E-state index contributed by atoms with van der Waals surface area (Å²) in [5, 5.41) is 12.3. The van der Waals surface area contributed by atoms with Crippen LogP contribution in [0.4, 0.5) is 10.5 Å². The number of hydrogen-bond donors (Lipinski definition) is 2. The SMILES string of the molecule is CC1(C(=O)O)CCN(C(=O)Nc2ccccc2Cc2ccccc2)C1. The van der Waals surface area contributed by atoms with Gasteiger partial charge in [0.15, 0.2) is 0 Å². The van der Waals surface area contributed by atoms with E-state index in [1.165, 1.54) is 5.56 Å². The number of likely N-dealkylation sites (tertiary alicyclic amines) is 1. The van der Waals surface area contributed by atoms with E-state index in [0.29, 0.717) is 13.0 Å². The second-order valence-electron chi connectivity index (χ2n) is 6.79. The van der Waals surface area contributed by atoms with E-state index in [4.69, 9.17) is 0 Å². The number of urea groups is 1. The Kier molecular flexibility index (Phi) is 4.74. The van der Waals surface area contributed by atoms with Crippen molar-refractivity contribution in [2.24, 2.45) is 5.41 Å². The molecule has 2 aromatic carbocycles. The molecule has 0 aliphatic carbocycles. The molecule has 1 fully saturated rings. The van der Waals surface area contributed by atoms with Crippen LogP contribution in [0.3, 0.4) is 0 Å². The Morgan fingerprint density at radius 2 is 1.80 bits per heavy atom. The van der Waals surface area contributed by atoms with Crippen LogP contribution in [0.5, 0.6) is 0 Å². The summed E-state index contributed by atoms with van der Waals surface area (Å²) in [5.41, 5.74) is 2.10. The lowest BCUT2D eigenvalue weighted by atomic mass is 9.90. The molecule has 1 aliphatic rings. The van der Waals surface area contributed by atoms with Crippen molar-refractivity contribution in [2.75, 3.05) is 18.4 Å². The molecule has 130 valence electrons. The Labute approximate surface area is 147 Å². The van der Waals surface area contributed by atoms with Crippen molar-refractivity contribution >= 4 is 17.7 Å². The minimum Gasteiger partial charge on any atom is -0.481 e. The zero-order valence-corrected chi connectivity index (χ0v) is 14.2. The molecule has 2 aromatic rings. The van der Waals surface area contributed by atoms with Gasteiger partial charge in [0.1, 0.15) is 0 Å². The molecule has 1 heterocycles. The number of carboxylic acids is 1. The number of amides is 2. The molecular weight excluding hydrogens is 316 g/mol. The van der Waals surface area contributed by atoms with Crippen LogP contribution in [0.25, 0.3) is 0 Å². The summed E-state index contributed by atoms with van der Waals surface area (Å²) in [6, 6.07) is 17.5. The minimum atomic E-state index is -0.860. The van der Waals surface area contributed by atoms with Crippen molar-refractivity contribution in [3.8, 4) is 0 Å². The Balaban J connectivity index is 1.71. The van der Waals surface area contributed by atoms with Crippen LogP contribution in [0.1, 0.15) is 24.5 Å². The average Bonchev–Trinajstić information content (AvgIpc) is 3.02. The van der Waals surface area contributed by atoms with Gasteiger partial charge in [-0.1, -0.05) is 48.5 Å². The number of benzene rings is 2. The molecule has 2 N–H and O–H groups in total. The normalized spacial score (nSPS) is 19.6. The van der Waals surface area contributed by atoms with Crippen LogP contribution in [-0.4, -0.2) is 35.1 Å². The summed E-state index contributed by atoms with van der Waals surface area (Å²) in [6.45, 7) is 2.37. The second kappa shape index (κ2) is 6.97. The van der Waals surface area contributed by atoms with Gasteiger partial charge in [-0.3, -0.25) is 4.79 Å². The number of aliphatic carboxylic acids is 1. The first-order chi connectivity index (χ1) is 12.0. The highest BCUT2D eigenvalue weighted by Gasteiger charge is 2.42. The zero-order chi connectivity index (χ0) is 17.9. The van der Waals surface area contributed by atoms with Gasteiger partial charge >= 0.3 is 12.0 Å². The molecule has 3 rings (SSSR count). The van der Waals surface area contributed by atoms with E-state index in [1.54, 1.807) is 11.8 Å². The number of nitrogens with one attached hydrogen (secondary N) is 1. The molecule has 2 amide bonds. The first kappa shape index (κ1) is 17.0. The lowest BCUT2D eigenvalue weighted by Crippen LogP contribution is -2.37. The molecule has 0 aromatic heterocycles. The lowest BCUT2D eigenvalue weighted by Gasteiger charge is -2.21. The fraction of sp³-hybridized carbons (Fsp3) is 0.300. The van der Waals surface area contributed by atoms with E-state index >= 15 is 0 Å². The van der Waals surface area contributed by atoms with Crippen molar-refractivity contribution in [1.82, 2.24) is 4.90 Å². The van der Waals surface area contributed by atoms with Crippen LogP contribution >= 0.6 is 0 Å². The van der Waals surface area contributed by atoms with E-state index in [0.717, 1.165) is 17.7 Å². The number of hydrogen-bond acceptors (Lipinski definition) is 2. The molecule has 0 bridgehead atoms. The maximum absolute atomic E-state index is 12.6. The molecule has 1 saturated heterocycles. The number of carboxylic acid groups (broad SMARTS) is 1. The van der Waals surface area contributed by atoms with Crippen LogP contribution in [0.15, 0.2) is 54.6 Å². The highest BCUT2D eigenvalue weighted by Crippen LogP contribution is 2.30. The summed E-state index contributed by atoms with van der Waals surface area (Å²) in [5.74, 6) is -0.854. The fourth-order valence-corrected chi connectivity index (χ4v) is 3.12. The maximum Gasteiger partial charge on any atom is 0.321 e. The molecule has 1 unspecified atom stereocenters. The average molecular weight is 338 g/mol. The molecule has 5 nitrogen and oxygen atoms in total. The van der Waals surface area contributed by atoms with Gasteiger partial charge in [0.25, 0.3) is 0 Å². The topological polar surface area (TPSA) is 69.6 Å². The van der Waals surface area contributed by atoms with Gasteiger partial charge in [0.2, 0.25) is 0 Å². The summed E-state index contributed by atoms with van der Waals surface area (Å²) in [6.07, 6.45) is 1.20. The fourth-order valence-electron chi connectivity index (χ4n) is 3.12. The van der Waals surface area contributed by atoms with Crippen molar-refractivity contribution in [3.05, 3.63) is 65.7 Å². The highest BCUT2D eigenvalue weighted by atomic mass is 16.4. The Hall–Kier alpha value is -2.82. The first-order valence-corrected chi connectivity index (χ1v) is 8.39. The number of rotatable bonds is 4. The van der Waals surface area contributed by atoms with Crippen molar-refractivity contribution in [2.45, 2.75) is 19.8 Å². The number of nitrogens with zero attached hydrogens (tertiary/aromatic N) is 1. The Morgan fingerprint density at radius 1 is 1.12 bits per heavy atom. The molecule has 0 saturated carbocycles. The van der Waals surface area contributed by atoms with Crippen molar-refractivity contribution < 1.29 is 14.7 Å². The third-order valence-corrected chi connectivity index (χ3v) is 4.77. The van der Waals surface area contributed by atoms with Gasteiger partial charge in [-0.25, -0.2) is 4.79 Å². The van der Waals surface area contributed by atoms with Crippen molar-refractivity contribution in [1.29, 1.82) is 0 Å². The summed E-state index contributed by atoms with van der Waals surface area (Å²) in [4.78, 5) is 25.5. The largest absolute Gasteiger partial charge is 0.481 e. The molecule has 1 atom stereocenters. The van der Waals surface area contributed by atoms with Crippen LogP contribution in [-0.2, 0) is 11.2 Å². The summed E-state index contributed by atoms with van der Waals surface area (Å²) >= 11 is 0. The van der Waals surface area contributed by atoms with E-state index < -0.39 is 11.4 Å². The van der Waals surface area contributed by atoms with Gasteiger partial charge in [-0.05, 0) is 37.0 Å². The molecule has 5 heteroatoms.